The summed E-state index contributed by atoms with van der Waals surface area (Å²) in [6, 6.07) is -1.27. The van der Waals surface area contributed by atoms with Crippen molar-refractivity contribution in [2.24, 2.45) is 5.92 Å². The second-order valence-corrected chi connectivity index (χ2v) is 10.6. The number of hydrogen-bond donors (Lipinski definition) is 1. The van der Waals surface area contributed by atoms with E-state index in [1.807, 2.05) is 6.92 Å². The van der Waals surface area contributed by atoms with Gasteiger partial charge in [-0.1, -0.05) is 20.7 Å². The van der Waals surface area contributed by atoms with Gasteiger partial charge < -0.3 is 24.1 Å². The van der Waals surface area contributed by atoms with Crippen molar-refractivity contribution >= 4 is 24.1 Å². The van der Waals surface area contributed by atoms with Crippen LogP contribution in [0.5, 0.6) is 0 Å². The number of esters is 2. The number of nitrogens with zero attached hydrogens (tertiary/aromatic N) is 2. The molecule has 0 unspecified atom stereocenters. The van der Waals surface area contributed by atoms with Gasteiger partial charge in [0.05, 0.1) is 26.9 Å². The Hall–Kier alpha value is -2.56. The SMILES string of the molecule is COC(=O)[C@H]1C[C@@H](C)CN1C(=O)OC(C)(C)C.COC(=O)[C@H]1C[C@@H](O)CN1C(=O)OC(C)(C)C.[2H]CC. The van der Waals surface area contributed by atoms with Crippen LogP contribution < -0.4 is 0 Å². The molecular formula is C25H46N2O9. The average Bonchev–Trinajstić information content (AvgIpc) is 3.34. The summed E-state index contributed by atoms with van der Waals surface area (Å²) in [4.78, 5) is 49.5. The highest BCUT2D eigenvalue weighted by atomic mass is 16.6. The predicted octanol–water partition coefficient (Wildman–Crippen LogP) is 3.36. The molecule has 2 heterocycles. The zero-order chi connectivity index (χ0) is 29.1. The maximum atomic E-state index is 11.9. The summed E-state index contributed by atoms with van der Waals surface area (Å²) in [5, 5.41) is 9.50. The molecule has 0 bridgehead atoms. The molecule has 0 aromatic heterocycles. The van der Waals surface area contributed by atoms with Gasteiger partial charge >= 0.3 is 24.1 Å². The summed E-state index contributed by atoms with van der Waals surface area (Å²) in [6.07, 6.45) is -0.953. The molecule has 4 atom stereocenters. The number of carbonyl (C=O) groups is 4. The van der Waals surface area contributed by atoms with E-state index in [9.17, 15) is 24.3 Å². The van der Waals surface area contributed by atoms with E-state index in [1.54, 1.807) is 48.5 Å². The highest BCUT2D eigenvalue weighted by Gasteiger charge is 2.42. The first-order valence-corrected chi connectivity index (χ1v) is 12.0. The molecular weight excluding hydrogens is 472 g/mol. The topological polar surface area (TPSA) is 132 Å². The first-order valence-electron chi connectivity index (χ1n) is 12.7. The Morgan fingerprint density at radius 1 is 0.806 bits per heavy atom. The predicted molar refractivity (Wildman–Crippen MR) is 133 cm³/mol. The quantitative estimate of drug-likeness (QED) is 0.431. The number of carbonyl (C=O) groups excluding carboxylic acids is 4. The molecule has 2 aliphatic rings. The van der Waals surface area contributed by atoms with Gasteiger partial charge in [0, 0.05) is 14.3 Å². The van der Waals surface area contributed by atoms with Crippen LogP contribution in [-0.2, 0) is 28.5 Å². The van der Waals surface area contributed by atoms with E-state index in [1.165, 1.54) is 24.0 Å². The van der Waals surface area contributed by atoms with Crippen LogP contribution in [0.1, 0.15) is 76.5 Å². The summed E-state index contributed by atoms with van der Waals surface area (Å²) in [7, 11) is 2.58. The first-order chi connectivity index (χ1) is 16.9. The fraction of sp³-hybridized carbons (Fsp3) is 0.840. The second kappa shape index (κ2) is 14.2. The molecule has 210 valence electrons. The minimum Gasteiger partial charge on any atom is -0.467 e. The molecule has 0 aromatic carbocycles. The maximum absolute atomic E-state index is 11.9. The van der Waals surface area contributed by atoms with Gasteiger partial charge in [0.25, 0.3) is 0 Å². The smallest absolute Gasteiger partial charge is 0.411 e. The van der Waals surface area contributed by atoms with Crippen molar-refractivity contribution in [3.8, 4) is 0 Å². The molecule has 0 spiro atoms. The van der Waals surface area contributed by atoms with Gasteiger partial charge in [-0.05, 0) is 53.9 Å². The number of likely N-dealkylation sites (tertiary alicyclic amines) is 2. The maximum Gasteiger partial charge on any atom is 0.411 e. The minimum absolute atomic E-state index is 0.0919. The van der Waals surface area contributed by atoms with Crippen LogP contribution in [0.2, 0.25) is 0 Å². The van der Waals surface area contributed by atoms with Crippen molar-refractivity contribution in [2.45, 2.75) is 105 Å². The zero-order valence-corrected chi connectivity index (χ0v) is 23.5. The van der Waals surface area contributed by atoms with Gasteiger partial charge in [0.1, 0.15) is 23.3 Å². The standard InChI is InChI=1S/C12H21NO4.C11H19NO5.C2H6/c1-8-6-9(10(14)16-5)13(7-8)11(15)17-12(2,3)4;1-11(2,3)17-10(15)12-6-7(13)5-8(12)9(14)16-4;1-2/h8-9H,6-7H2,1-5H3;7-8,13H,5-6H2,1-4H3;1-2H3/t8-,9-;7-,8-;/m11./s1/i;;1D. The number of ether oxygens (including phenoxy) is 4. The van der Waals surface area contributed by atoms with Crippen LogP contribution in [0.4, 0.5) is 9.59 Å². The van der Waals surface area contributed by atoms with E-state index < -0.39 is 47.5 Å². The average molecular weight is 520 g/mol. The summed E-state index contributed by atoms with van der Waals surface area (Å²) < 4.78 is 25.9. The Bertz CT molecular complexity index is 702. The molecule has 0 aromatic rings. The van der Waals surface area contributed by atoms with E-state index in [2.05, 4.69) is 4.74 Å². The molecule has 2 rings (SSSR count). The number of aliphatic hydroxyl groups is 1. The van der Waals surface area contributed by atoms with Crippen molar-refractivity contribution in [3.63, 3.8) is 0 Å². The lowest BCUT2D eigenvalue weighted by atomic mass is 10.1. The number of amides is 2. The number of β-amino-alcohol motifs (C(OH)–C–C–N with tert-alkyl or cyclic N) is 1. The van der Waals surface area contributed by atoms with Gasteiger partial charge in [-0.15, -0.1) is 0 Å². The number of methoxy groups -OCH3 is 2. The number of rotatable bonds is 2. The summed E-state index contributed by atoms with van der Waals surface area (Å²) >= 11 is 0. The van der Waals surface area contributed by atoms with Crippen LogP contribution in [-0.4, -0.2) is 95.7 Å². The lowest BCUT2D eigenvalue weighted by Crippen LogP contribution is -2.43. The molecule has 0 radical (unpaired) electrons. The third-order valence-corrected chi connectivity index (χ3v) is 4.99. The fourth-order valence-electron chi connectivity index (χ4n) is 3.62. The largest absolute Gasteiger partial charge is 0.467 e. The van der Waals surface area contributed by atoms with Crippen molar-refractivity contribution in [2.75, 3.05) is 27.3 Å². The van der Waals surface area contributed by atoms with Gasteiger partial charge in [-0.2, -0.15) is 0 Å². The van der Waals surface area contributed by atoms with Crippen LogP contribution in [0.15, 0.2) is 0 Å². The monoisotopic (exact) mass is 519 g/mol. The van der Waals surface area contributed by atoms with Crippen molar-refractivity contribution < 1.29 is 44.6 Å². The van der Waals surface area contributed by atoms with Crippen molar-refractivity contribution in [1.82, 2.24) is 9.80 Å². The molecule has 2 aliphatic heterocycles. The van der Waals surface area contributed by atoms with Crippen LogP contribution in [0.25, 0.3) is 0 Å². The van der Waals surface area contributed by atoms with E-state index in [0.717, 1.165) is 0 Å². The summed E-state index contributed by atoms with van der Waals surface area (Å²) in [5.74, 6) is -0.626. The Kier molecular flexibility index (Phi) is 12.5. The first kappa shape index (κ1) is 31.5. The molecule has 2 amide bonds. The summed E-state index contributed by atoms with van der Waals surface area (Å²) in [6.45, 7) is 15.6. The summed E-state index contributed by atoms with van der Waals surface area (Å²) in [5.41, 5.74) is -1.19. The molecule has 36 heavy (non-hydrogen) atoms. The Morgan fingerprint density at radius 3 is 1.53 bits per heavy atom. The van der Waals surface area contributed by atoms with Gasteiger partial charge in [0.2, 0.25) is 0 Å². The molecule has 11 nitrogen and oxygen atoms in total. The Balaban J connectivity index is 0.000000633. The Morgan fingerprint density at radius 2 is 1.17 bits per heavy atom. The molecule has 2 fully saturated rings. The number of hydrogen-bond acceptors (Lipinski definition) is 9. The van der Waals surface area contributed by atoms with Crippen molar-refractivity contribution in [1.29, 1.82) is 0 Å². The molecule has 11 heteroatoms. The van der Waals surface area contributed by atoms with E-state index >= 15 is 0 Å². The van der Waals surface area contributed by atoms with Crippen LogP contribution in [0, 0.1) is 5.92 Å². The molecule has 0 saturated carbocycles. The van der Waals surface area contributed by atoms with E-state index in [4.69, 9.17) is 15.6 Å². The normalized spacial score (nSPS) is 23.8. The van der Waals surface area contributed by atoms with E-state index in [-0.39, 0.29) is 24.9 Å². The highest BCUT2D eigenvalue weighted by molar-refractivity contribution is 5.83. The molecule has 0 aliphatic carbocycles. The van der Waals surface area contributed by atoms with E-state index in [0.29, 0.717) is 19.9 Å². The lowest BCUT2D eigenvalue weighted by Gasteiger charge is -2.27. The molecule has 1 N–H and O–H groups in total. The second-order valence-electron chi connectivity index (χ2n) is 10.6. The highest BCUT2D eigenvalue weighted by Crippen LogP contribution is 2.26. The van der Waals surface area contributed by atoms with Gasteiger partial charge in [-0.25, -0.2) is 19.2 Å². The Labute approximate surface area is 216 Å². The zero-order valence-electron chi connectivity index (χ0n) is 24.5. The minimum atomic E-state index is -0.759. The lowest BCUT2D eigenvalue weighted by molar-refractivity contribution is -0.146. The third-order valence-electron chi connectivity index (χ3n) is 4.99. The van der Waals surface area contributed by atoms with Crippen LogP contribution in [0.3, 0.4) is 0 Å². The van der Waals surface area contributed by atoms with Gasteiger partial charge in [-0.3, -0.25) is 9.80 Å². The molecule has 2 saturated heterocycles. The fourth-order valence-corrected chi connectivity index (χ4v) is 3.62. The van der Waals surface area contributed by atoms with Crippen molar-refractivity contribution in [3.05, 3.63) is 0 Å². The van der Waals surface area contributed by atoms with Gasteiger partial charge in [0.15, 0.2) is 0 Å². The third kappa shape index (κ3) is 11.0. The number of aliphatic hydroxyl groups excluding tert-OH is 1. The van der Waals surface area contributed by atoms with Crippen LogP contribution >= 0.6 is 0 Å².